The van der Waals surface area contributed by atoms with E-state index < -0.39 is 0 Å². The number of nitrogens with zero attached hydrogens (tertiary/aromatic N) is 2. The van der Waals surface area contributed by atoms with E-state index in [4.69, 9.17) is 10.7 Å². The van der Waals surface area contributed by atoms with Crippen molar-refractivity contribution in [3.63, 3.8) is 0 Å². The van der Waals surface area contributed by atoms with E-state index in [1.807, 2.05) is 6.07 Å². The van der Waals surface area contributed by atoms with Crippen LogP contribution in [0.4, 0.5) is 5.82 Å². The number of hydrogen-bond donors (Lipinski definition) is 1. The quantitative estimate of drug-likeness (QED) is 0.861. The van der Waals surface area contributed by atoms with E-state index in [0.717, 1.165) is 24.4 Å². The van der Waals surface area contributed by atoms with Crippen LogP contribution in [0.5, 0.6) is 0 Å². The van der Waals surface area contributed by atoms with Crippen LogP contribution < -0.4 is 5.73 Å². The molecule has 1 aliphatic rings. The summed E-state index contributed by atoms with van der Waals surface area (Å²) in [4.78, 5) is 9.29. The van der Waals surface area contributed by atoms with E-state index in [1.165, 1.54) is 11.1 Å². The molecule has 1 aliphatic carbocycles. The fourth-order valence-corrected chi connectivity index (χ4v) is 2.85. The van der Waals surface area contributed by atoms with Crippen LogP contribution in [0.1, 0.15) is 55.8 Å². The Kier molecular flexibility index (Phi) is 3.00. The van der Waals surface area contributed by atoms with Crippen molar-refractivity contribution in [1.82, 2.24) is 9.97 Å². The van der Waals surface area contributed by atoms with Crippen LogP contribution in [0.15, 0.2) is 30.3 Å². The molecule has 1 aromatic carbocycles. The van der Waals surface area contributed by atoms with Crippen LogP contribution in [-0.2, 0) is 11.8 Å². The topological polar surface area (TPSA) is 51.8 Å². The highest BCUT2D eigenvalue weighted by atomic mass is 15.0. The zero-order chi connectivity index (χ0) is 14.3. The first-order chi connectivity index (χ1) is 9.45. The summed E-state index contributed by atoms with van der Waals surface area (Å²) in [6.07, 6.45) is 2.18. The number of rotatable bonds is 1. The Hall–Kier alpha value is -1.90. The molecule has 20 heavy (non-hydrogen) atoms. The lowest BCUT2D eigenvalue weighted by atomic mass is 9.91. The molecule has 0 saturated heterocycles. The van der Waals surface area contributed by atoms with Crippen molar-refractivity contribution in [1.29, 1.82) is 0 Å². The normalized spacial score (nSPS) is 18.1. The van der Waals surface area contributed by atoms with Gasteiger partial charge in [0.15, 0.2) is 0 Å². The Labute approximate surface area is 120 Å². The number of aryl methyl sites for hydroxylation is 1. The number of aromatic nitrogens is 2. The molecular formula is C17H21N3. The minimum atomic E-state index is -0.00999. The van der Waals surface area contributed by atoms with Crippen LogP contribution in [0.3, 0.4) is 0 Å². The summed E-state index contributed by atoms with van der Waals surface area (Å²) in [5.41, 5.74) is 9.78. The fourth-order valence-electron chi connectivity index (χ4n) is 2.85. The first-order valence-electron chi connectivity index (χ1n) is 7.18. The number of nitrogens with two attached hydrogens (primary N) is 1. The molecule has 1 unspecified atom stereocenters. The van der Waals surface area contributed by atoms with Gasteiger partial charge in [-0.2, -0.15) is 0 Å². The van der Waals surface area contributed by atoms with Gasteiger partial charge in [0, 0.05) is 17.4 Å². The molecule has 0 aliphatic heterocycles. The van der Waals surface area contributed by atoms with Gasteiger partial charge < -0.3 is 5.73 Å². The number of hydrogen-bond acceptors (Lipinski definition) is 3. The van der Waals surface area contributed by atoms with Crippen LogP contribution in [0, 0.1) is 0 Å². The van der Waals surface area contributed by atoms with Crippen molar-refractivity contribution in [2.24, 2.45) is 0 Å². The molecule has 1 aromatic heterocycles. The molecule has 3 rings (SSSR count). The minimum Gasteiger partial charge on any atom is -0.384 e. The molecule has 0 fully saturated rings. The number of anilines is 1. The van der Waals surface area contributed by atoms with Crippen LogP contribution in [0.25, 0.3) is 0 Å². The first-order valence-corrected chi connectivity index (χ1v) is 7.18. The molecule has 3 nitrogen and oxygen atoms in total. The van der Waals surface area contributed by atoms with Crippen molar-refractivity contribution in [2.75, 3.05) is 5.73 Å². The largest absolute Gasteiger partial charge is 0.384 e. The van der Waals surface area contributed by atoms with Gasteiger partial charge in [0.25, 0.3) is 0 Å². The first kappa shape index (κ1) is 13.1. The predicted octanol–water partition coefficient (Wildman–Crippen LogP) is 3.43. The van der Waals surface area contributed by atoms with Crippen LogP contribution >= 0.6 is 0 Å². The van der Waals surface area contributed by atoms with Gasteiger partial charge >= 0.3 is 0 Å². The summed E-state index contributed by atoms with van der Waals surface area (Å²) in [5.74, 6) is 1.74. The lowest BCUT2D eigenvalue weighted by Crippen LogP contribution is -2.17. The maximum Gasteiger partial charge on any atom is 0.138 e. The van der Waals surface area contributed by atoms with Gasteiger partial charge in [-0.05, 0) is 24.0 Å². The van der Waals surface area contributed by atoms with E-state index in [1.54, 1.807) is 0 Å². The van der Waals surface area contributed by atoms with Gasteiger partial charge in [-0.1, -0.05) is 45.0 Å². The van der Waals surface area contributed by atoms with Crippen molar-refractivity contribution in [3.05, 3.63) is 53.0 Å². The smallest absolute Gasteiger partial charge is 0.138 e. The third-order valence-electron chi connectivity index (χ3n) is 3.98. The van der Waals surface area contributed by atoms with Gasteiger partial charge in [-0.15, -0.1) is 0 Å². The number of fused-ring (bicyclic) bond motifs is 1. The molecule has 0 radical (unpaired) electrons. The summed E-state index contributed by atoms with van der Waals surface area (Å²) in [6, 6.07) is 10.5. The van der Waals surface area contributed by atoms with E-state index in [-0.39, 0.29) is 11.3 Å². The third-order valence-corrected chi connectivity index (χ3v) is 3.98. The summed E-state index contributed by atoms with van der Waals surface area (Å²) < 4.78 is 0. The predicted molar refractivity (Wildman–Crippen MR) is 81.8 cm³/mol. The zero-order valence-corrected chi connectivity index (χ0v) is 12.4. The lowest BCUT2D eigenvalue weighted by molar-refractivity contribution is 0.558. The monoisotopic (exact) mass is 267 g/mol. The Bertz CT molecular complexity index is 641. The zero-order valence-electron chi connectivity index (χ0n) is 12.4. The third kappa shape index (κ3) is 2.28. The van der Waals surface area contributed by atoms with Gasteiger partial charge in [-0.25, -0.2) is 9.97 Å². The standard InChI is InChI=1S/C17H21N3/c1-17(2,3)14-10-15(18)20-16(19-14)13-9-8-11-6-4-5-7-12(11)13/h4-7,10,13H,8-9H2,1-3H3,(H2,18,19,20). The summed E-state index contributed by atoms with van der Waals surface area (Å²) in [6.45, 7) is 6.46. The Morgan fingerprint density at radius 3 is 2.65 bits per heavy atom. The summed E-state index contributed by atoms with van der Waals surface area (Å²) in [5, 5.41) is 0. The Balaban J connectivity index is 2.06. The lowest BCUT2D eigenvalue weighted by Gasteiger charge is -2.20. The maximum absolute atomic E-state index is 5.99. The molecule has 2 N–H and O–H groups in total. The molecule has 2 aromatic rings. The molecular weight excluding hydrogens is 246 g/mol. The average molecular weight is 267 g/mol. The van der Waals surface area contributed by atoms with Crippen molar-refractivity contribution in [2.45, 2.75) is 44.9 Å². The number of benzene rings is 1. The van der Waals surface area contributed by atoms with Crippen LogP contribution in [0.2, 0.25) is 0 Å². The van der Waals surface area contributed by atoms with E-state index >= 15 is 0 Å². The van der Waals surface area contributed by atoms with E-state index in [2.05, 4.69) is 50.0 Å². The Morgan fingerprint density at radius 1 is 1.15 bits per heavy atom. The second-order valence-electron chi connectivity index (χ2n) is 6.58. The van der Waals surface area contributed by atoms with Gasteiger partial charge in [0.05, 0.1) is 5.69 Å². The van der Waals surface area contributed by atoms with Crippen molar-refractivity contribution < 1.29 is 0 Å². The fraction of sp³-hybridized carbons (Fsp3) is 0.412. The highest BCUT2D eigenvalue weighted by Gasteiger charge is 2.27. The minimum absolute atomic E-state index is 0.00999. The number of nitrogen functional groups attached to an aromatic ring is 1. The molecule has 3 heteroatoms. The summed E-state index contributed by atoms with van der Waals surface area (Å²) in [7, 11) is 0. The van der Waals surface area contributed by atoms with Crippen molar-refractivity contribution >= 4 is 5.82 Å². The van der Waals surface area contributed by atoms with Gasteiger partial charge in [-0.3, -0.25) is 0 Å². The molecule has 0 amide bonds. The second kappa shape index (κ2) is 4.58. The Morgan fingerprint density at radius 2 is 1.90 bits per heavy atom. The highest BCUT2D eigenvalue weighted by molar-refractivity contribution is 5.41. The second-order valence-corrected chi connectivity index (χ2v) is 6.58. The molecule has 0 bridgehead atoms. The average Bonchev–Trinajstić information content (AvgIpc) is 2.80. The van der Waals surface area contributed by atoms with E-state index in [0.29, 0.717) is 5.82 Å². The maximum atomic E-state index is 5.99. The molecule has 104 valence electrons. The van der Waals surface area contributed by atoms with Gasteiger partial charge in [0.2, 0.25) is 0 Å². The van der Waals surface area contributed by atoms with Gasteiger partial charge in [0.1, 0.15) is 11.6 Å². The SMILES string of the molecule is CC(C)(C)c1cc(N)nc(C2CCc3ccccc32)n1. The molecule has 0 spiro atoms. The summed E-state index contributed by atoms with van der Waals surface area (Å²) >= 11 is 0. The molecule has 1 heterocycles. The van der Waals surface area contributed by atoms with Crippen LogP contribution in [-0.4, -0.2) is 9.97 Å². The van der Waals surface area contributed by atoms with Crippen molar-refractivity contribution in [3.8, 4) is 0 Å². The highest BCUT2D eigenvalue weighted by Crippen LogP contribution is 2.37. The molecule has 0 saturated carbocycles. The molecule has 1 atom stereocenters. The van der Waals surface area contributed by atoms with E-state index in [9.17, 15) is 0 Å².